The first-order chi connectivity index (χ1) is 24.2. The molecule has 0 radical (unpaired) electrons. The Morgan fingerprint density at radius 3 is 1.84 bits per heavy atom. The molecule has 0 unspecified atom stereocenters. The molecule has 0 saturated heterocycles. The number of methoxy groups -OCH3 is 1. The number of anilines is 1. The van der Waals surface area contributed by atoms with E-state index >= 15 is 0 Å². The Balaban J connectivity index is 2.56. The topological polar surface area (TPSA) is 171 Å². The number of carbonyl (C=O) groups is 5. The molecule has 0 bridgehead atoms. The van der Waals surface area contributed by atoms with Gasteiger partial charge in [-0.15, -0.1) is 0 Å². The van der Waals surface area contributed by atoms with Crippen molar-refractivity contribution in [1.29, 1.82) is 0 Å². The molecular weight excluding hydrogens is 660 g/mol. The van der Waals surface area contributed by atoms with Gasteiger partial charge in [-0.05, 0) is 42.9 Å². The van der Waals surface area contributed by atoms with Crippen molar-refractivity contribution >= 4 is 35.3 Å². The maximum absolute atomic E-state index is 13.2. The highest BCUT2D eigenvalue weighted by molar-refractivity contribution is 5.98. The fraction of sp³-hybridized carbons (Fsp3) is 0.703. The normalized spacial score (nSPS) is 12.5. The summed E-state index contributed by atoms with van der Waals surface area (Å²) in [5.41, 5.74) is 1.29. The van der Waals surface area contributed by atoms with Gasteiger partial charge in [-0.25, -0.2) is 0 Å². The van der Waals surface area contributed by atoms with Crippen LogP contribution in [0.15, 0.2) is 24.3 Å². The summed E-state index contributed by atoms with van der Waals surface area (Å²) < 4.78 is 26.5. The lowest BCUT2D eigenvalue weighted by Crippen LogP contribution is -2.54. The number of hydrogen-bond donors (Lipinski definition) is 3. The quantitative estimate of drug-likeness (QED) is 0.0905. The lowest BCUT2D eigenvalue weighted by molar-refractivity contribution is -0.148. The van der Waals surface area contributed by atoms with Crippen molar-refractivity contribution in [1.82, 2.24) is 15.5 Å². The number of nitrogens with zero attached hydrogens (tertiary/aromatic N) is 1. The van der Waals surface area contributed by atoms with Crippen LogP contribution in [0, 0.1) is 17.8 Å². The summed E-state index contributed by atoms with van der Waals surface area (Å²) in [5.74, 6) is -1.81. The van der Waals surface area contributed by atoms with Gasteiger partial charge in [0, 0.05) is 32.3 Å². The molecule has 14 heteroatoms. The number of benzene rings is 1. The molecule has 2 atom stereocenters. The first-order valence-electron chi connectivity index (χ1n) is 17.9. The van der Waals surface area contributed by atoms with E-state index in [4.69, 9.17) is 23.7 Å². The molecule has 51 heavy (non-hydrogen) atoms. The highest BCUT2D eigenvalue weighted by Gasteiger charge is 2.27. The summed E-state index contributed by atoms with van der Waals surface area (Å²) in [6, 6.07) is 5.08. The van der Waals surface area contributed by atoms with E-state index in [9.17, 15) is 24.0 Å². The third-order valence-electron chi connectivity index (χ3n) is 7.67. The number of esters is 1. The van der Waals surface area contributed by atoms with Crippen molar-refractivity contribution in [2.75, 3.05) is 71.8 Å². The first kappa shape index (κ1) is 45.4. The minimum absolute atomic E-state index is 0.0180. The number of hydrogen-bond acceptors (Lipinski definition) is 10. The van der Waals surface area contributed by atoms with Crippen LogP contribution in [-0.2, 0) is 54.3 Å². The predicted molar refractivity (Wildman–Crippen MR) is 194 cm³/mol. The lowest BCUT2D eigenvalue weighted by atomic mass is 10.0. The molecule has 3 N–H and O–H groups in total. The Morgan fingerprint density at radius 2 is 1.29 bits per heavy atom. The van der Waals surface area contributed by atoms with Crippen molar-refractivity contribution in [2.24, 2.45) is 17.8 Å². The second kappa shape index (κ2) is 26.2. The Kier molecular flexibility index (Phi) is 23.4. The minimum Gasteiger partial charge on any atom is -0.461 e. The number of amides is 4. The zero-order valence-corrected chi connectivity index (χ0v) is 31.9. The predicted octanol–water partition coefficient (Wildman–Crippen LogP) is 3.32. The summed E-state index contributed by atoms with van der Waals surface area (Å²) in [7, 11) is 1.61. The van der Waals surface area contributed by atoms with Crippen LogP contribution in [-0.4, -0.2) is 113 Å². The van der Waals surface area contributed by atoms with Gasteiger partial charge in [0.1, 0.15) is 18.7 Å². The van der Waals surface area contributed by atoms with Gasteiger partial charge in [-0.2, -0.15) is 0 Å². The zero-order chi connectivity index (χ0) is 38.2. The van der Waals surface area contributed by atoms with E-state index in [2.05, 4.69) is 29.8 Å². The summed E-state index contributed by atoms with van der Waals surface area (Å²) in [4.78, 5) is 65.4. The molecule has 0 aromatic heterocycles. The SMILES string of the molecule is COCCOCCOCCOCCC(=O)N(CCC(=O)N[C@H](C(=O)N[C@@H](C)C(=O)Nc1ccc(COC(=O)C(C)C)cc1)C(C)C)CCC(C)C. The second-order valence-corrected chi connectivity index (χ2v) is 13.4. The highest BCUT2D eigenvalue weighted by Crippen LogP contribution is 2.12. The van der Waals surface area contributed by atoms with Crippen molar-refractivity contribution in [2.45, 2.75) is 86.4 Å². The van der Waals surface area contributed by atoms with Gasteiger partial charge in [0.05, 0.1) is 58.6 Å². The number of rotatable bonds is 27. The molecule has 0 spiro atoms. The molecule has 0 heterocycles. The number of nitrogens with one attached hydrogen (secondary N) is 3. The molecule has 1 rings (SSSR count). The third kappa shape index (κ3) is 20.8. The van der Waals surface area contributed by atoms with Crippen LogP contribution in [0.1, 0.15) is 73.3 Å². The highest BCUT2D eigenvalue weighted by atomic mass is 16.6. The van der Waals surface area contributed by atoms with Crippen molar-refractivity contribution in [3.05, 3.63) is 29.8 Å². The maximum atomic E-state index is 13.2. The van der Waals surface area contributed by atoms with Gasteiger partial charge in [0.15, 0.2) is 0 Å². The maximum Gasteiger partial charge on any atom is 0.308 e. The van der Waals surface area contributed by atoms with Crippen molar-refractivity contribution < 1.29 is 47.7 Å². The number of ether oxygens (including phenoxy) is 5. The van der Waals surface area contributed by atoms with E-state index in [1.807, 2.05) is 0 Å². The van der Waals surface area contributed by atoms with Gasteiger partial charge in [-0.3, -0.25) is 24.0 Å². The monoisotopic (exact) mass is 722 g/mol. The first-order valence-corrected chi connectivity index (χ1v) is 17.9. The molecule has 14 nitrogen and oxygen atoms in total. The van der Waals surface area contributed by atoms with Gasteiger partial charge < -0.3 is 44.5 Å². The molecule has 0 saturated carbocycles. The second-order valence-electron chi connectivity index (χ2n) is 13.4. The Bertz CT molecular complexity index is 1180. The fourth-order valence-electron chi connectivity index (χ4n) is 4.42. The summed E-state index contributed by atoms with van der Waals surface area (Å²) >= 11 is 0. The van der Waals surface area contributed by atoms with Crippen molar-refractivity contribution in [3.8, 4) is 0 Å². The van der Waals surface area contributed by atoms with Crippen LogP contribution in [0.2, 0.25) is 0 Å². The van der Waals surface area contributed by atoms with E-state index in [0.29, 0.717) is 57.8 Å². The van der Waals surface area contributed by atoms with E-state index in [0.717, 1.165) is 12.0 Å². The Morgan fingerprint density at radius 1 is 0.706 bits per heavy atom. The fourth-order valence-corrected chi connectivity index (χ4v) is 4.42. The molecule has 0 aliphatic rings. The number of carbonyl (C=O) groups excluding carboxylic acids is 5. The van der Waals surface area contributed by atoms with E-state index in [1.165, 1.54) is 0 Å². The minimum atomic E-state index is -0.889. The van der Waals surface area contributed by atoms with Crippen LogP contribution in [0.5, 0.6) is 0 Å². The molecule has 0 fully saturated rings. The lowest BCUT2D eigenvalue weighted by Gasteiger charge is -2.26. The Hall–Kier alpha value is -3.59. The van der Waals surface area contributed by atoms with Gasteiger partial charge in [-0.1, -0.05) is 53.7 Å². The summed E-state index contributed by atoms with van der Waals surface area (Å²) in [6.45, 7) is 16.6. The largest absolute Gasteiger partial charge is 0.461 e. The van der Waals surface area contributed by atoms with Gasteiger partial charge in [0.25, 0.3) is 0 Å². The van der Waals surface area contributed by atoms with E-state index in [-0.39, 0.29) is 62.2 Å². The summed E-state index contributed by atoms with van der Waals surface area (Å²) in [6.07, 6.45) is 0.974. The molecule has 0 aliphatic carbocycles. The molecule has 290 valence electrons. The molecule has 0 aliphatic heterocycles. The van der Waals surface area contributed by atoms with Crippen LogP contribution in [0.4, 0.5) is 5.69 Å². The van der Waals surface area contributed by atoms with Crippen molar-refractivity contribution in [3.63, 3.8) is 0 Å². The van der Waals surface area contributed by atoms with Crippen LogP contribution in [0.3, 0.4) is 0 Å². The zero-order valence-electron chi connectivity index (χ0n) is 31.9. The molecule has 4 amide bonds. The van der Waals surface area contributed by atoms with Crippen LogP contribution < -0.4 is 16.0 Å². The van der Waals surface area contributed by atoms with E-state index in [1.54, 1.807) is 70.9 Å². The molecule has 1 aromatic rings. The van der Waals surface area contributed by atoms with Gasteiger partial charge in [0.2, 0.25) is 23.6 Å². The molecular formula is C37H62N4O10. The van der Waals surface area contributed by atoms with Gasteiger partial charge >= 0.3 is 5.97 Å². The van der Waals surface area contributed by atoms with Crippen LogP contribution in [0.25, 0.3) is 0 Å². The average Bonchev–Trinajstić information content (AvgIpc) is 3.08. The smallest absolute Gasteiger partial charge is 0.308 e. The van der Waals surface area contributed by atoms with E-state index < -0.39 is 23.9 Å². The standard InChI is InChI=1S/C37H62N4O10/c1-26(2)13-16-41(33(43)15-18-48-21-22-50-24-23-49-20-19-47-8)17-14-32(42)40-34(27(3)4)36(45)38-29(7)35(44)39-31-11-9-30(10-12-31)25-51-37(46)28(5)6/h9-12,26-29,34H,13-25H2,1-8H3,(H,38,45)(H,39,44)(H,40,42)/t29-,34-/m0/s1. The molecule has 1 aromatic carbocycles. The van der Waals surface area contributed by atoms with Crippen LogP contribution >= 0.6 is 0 Å². The summed E-state index contributed by atoms with van der Waals surface area (Å²) in [5, 5.41) is 8.23. The Labute approximate surface area is 304 Å². The third-order valence-corrected chi connectivity index (χ3v) is 7.67. The average molecular weight is 723 g/mol.